The summed E-state index contributed by atoms with van der Waals surface area (Å²) in [6.45, 7) is 0. The zero-order valence-corrected chi connectivity index (χ0v) is 10.1. The van der Waals surface area contributed by atoms with E-state index in [4.69, 9.17) is 27.9 Å². The number of ether oxygens (including phenoxy) is 1. The van der Waals surface area contributed by atoms with Gasteiger partial charge in [0.25, 0.3) is 5.24 Å². The van der Waals surface area contributed by atoms with Gasteiger partial charge in [-0.1, -0.05) is 11.6 Å². The van der Waals surface area contributed by atoms with Crippen LogP contribution in [-0.2, 0) is 0 Å². The Labute approximate surface area is 108 Å². The number of carbonyl (C=O) groups is 1. The van der Waals surface area contributed by atoms with E-state index in [0.29, 0.717) is 10.8 Å². The highest BCUT2D eigenvalue weighted by Crippen LogP contribution is 2.25. The van der Waals surface area contributed by atoms with E-state index in [9.17, 15) is 4.79 Å². The van der Waals surface area contributed by atoms with Crippen molar-refractivity contribution in [2.45, 2.75) is 0 Å². The third-order valence-corrected chi connectivity index (χ3v) is 2.47. The van der Waals surface area contributed by atoms with Gasteiger partial charge in [-0.25, -0.2) is 4.98 Å². The summed E-state index contributed by atoms with van der Waals surface area (Å²) in [6.07, 6.45) is 1.52. The molecule has 0 spiro atoms. The standard InChI is InChI=1S/C12H7Cl2NO2/c13-8-3-5-9(6-4-8)17-12-10(11(14)16)2-1-7-15-12/h1-7H. The van der Waals surface area contributed by atoms with Gasteiger partial charge in [0.05, 0.1) is 5.56 Å². The molecule has 2 rings (SSSR count). The quantitative estimate of drug-likeness (QED) is 0.792. The zero-order chi connectivity index (χ0) is 12.3. The smallest absolute Gasteiger partial charge is 0.257 e. The topological polar surface area (TPSA) is 39.2 Å². The average molecular weight is 268 g/mol. The van der Waals surface area contributed by atoms with E-state index in [1.807, 2.05) is 0 Å². The van der Waals surface area contributed by atoms with Crippen LogP contribution < -0.4 is 4.74 Å². The molecule has 0 atom stereocenters. The molecule has 2 aromatic rings. The second-order valence-electron chi connectivity index (χ2n) is 3.19. The monoisotopic (exact) mass is 267 g/mol. The van der Waals surface area contributed by atoms with Crippen LogP contribution in [0, 0.1) is 0 Å². The normalized spacial score (nSPS) is 10.0. The minimum atomic E-state index is -0.609. The van der Waals surface area contributed by atoms with Gasteiger partial charge in [-0.2, -0.15) is 0 Å². The van der Waals surface area contributed by atoms with Gasteiger partial charge in [0.2, 0.25) is 5.88 Å². The molecule has 5 heteroatoms. The summed E-state index contributed by atoms with van der Waals surface area (Å²) in [7, 11) is 0. The number of pyridine rings is 1. The Morgan fingerprint density at radius 3 is 2.53 bits per heavy atom. The molecule has 0 aliphatic carbocycles. The maximum absolute atomic E-state index is 11.1. The van der Waals surface area contributed by atoms with Crippen LogP contribution in [0.2, 0.25) is 5.02 Å². The second-order valence-corrected chi connectivity index (χ2v) is 3.97. The summed E-state index contributed by atoms with van der Waals surface area (Å²) in [5.74, 6) is 0.710. The van der Waals surface area contributed by atoms with Crippen molar-refractivity contribution in [3.05, 3.63) is 53.2 Å². The third kappa shape index (κ3) is 2.96. The lowest BCUT2D eigenvalue weighted by atomic mass is 10.3. The molecule has 0 aliphatic rings. The highest BCUT2D eigenvalue weighted by Gasteiger charge is 2.11. The zero-order valence-electron chi connectivity index (χ0n) is 8.56. The Kier molecular flexibility index (Phi) is 3.61. The van der Waals surface area contributed by atoms with Crippen molar-refractivity contribution in [2.24, 2.45) is 0 Å². The maximum Gasteiger partial charge on any atom is 0.257 e. The van der Waals surface area contributed by atoms with Gasteiger partial charge in [-0.15, -0.1) is 0 Å². The Hall–Kier alpha value is -1.58. The molecule has 1 heterocycles. The predicted octanol–water partition coefficient (Wildman–Crippen LogP) is 3.91. The molecule has 0 saturated carbocycles. The van der Waals surface area contributed by atoms with Crippen molar-refractivity contribution in [1.82, 2.24) is 4.98 Å². The number of nitrogens with zero attached hydrogens (tertiary/aromatic N) is 1. The molecule has 0 amide bonds. The van der Waals surface area contributed by atoms with Crippen molar-refractivity contribution in [3.63, 3.8) is 0 Å². The highest BCUT2D eigenvalue weighted by molar-refractivity contribution is 6.68. The summed E-state index contributed by atoms with van der Waals surface area (Å²) in [4.78, 5) is 15.1. The number of benzene rings is 1. The molecule has 1 aromatic heterocycles. The molecule has 0 N–H and O–H groups in total. The lowest BCUT2D eigenvalue weighted by Crippen LogP contribution is -1.97. The summed E-state index contributed by atoms with van der Waals surface area (Å²) < 4.78 is 5.45. The largest absolute Gasteiger partial charge is 0.438 e. The third-order valence-electron chi connectivity index (χ3n) is 2.01. The predicted molar refractivity (Wildman–Crippen MR) is 65.9 cm³/mol. The van der Waals surface area contributed by atoms with Crippen molar-refractivity contribution in [1.29, 1.82) is 0 Å². The summed E-state index contributed by atoms with van der Waals surface area (Å²) in [5.41, 5.74) is 0.226. The Bertz CT molecular complexity index is 540. The van der Waals surface area contributed by atoms with Gasteiger partial charge in [-0.05, 0) is 48.0 Å². The minimum absolute atomic E-state index is 0.176. The van der Waals surface area contributed by atoms with Crippen molar-refractivity contribution >= 4 is 28.4 Å². The molecule has 86 valence electrons. The van der Waals surface area contributed by atoms with Crippen LogP contribution in [0.15, 0.2) is 42.6 Å². The molecule has 0 fully saturated rings. The average Bonchev–Trinajstić information content (AvgIpc) is 2.32. The number of halogens is 2. The Morgan fingerprint density at radius 1 is 1.18 bits per heavy atom. The van der Waals surface area contributed by atoms with E-state index in [0.717, 1.165) is 0 Å². The van der Waals surface area contributed by atoms with E-state index in [1.54, 1.807) is 36.4 Å². The van der Waals surface area contributed by atoms with Gasteiger partial charge in [0, 0.05) is 11.2 Å². The fraction of sp³-hybridized carbons (Fsp3) is 0. The van der Waals surface area contributed by atoms with Crippen LogP contribution in [0.25, 0.3) is 0 Å². The molecule has 17 heavy (non-hydrogen) atoms. The first-order valence-corrected chi connectivity index (χ1v) is 5.50. The van der Waals surface area contributed by atoms with Crippen LogP contribution in [0.4, 0.5) is 0 Å². The number of hydrogen-bond donors (Lipinski definition) is 0. The van der Waals surface area contributed by atoms with Gasteiger partial charge < -0.3 is 4.74 Å². The molecule has 1 aromatic carbocycles. The van der Waals surface area contributed by atoms with Crippen LogP contribution in [-0.4, -0.2) is 10.2 Å². The number of carbonyl (C=O) groups excluding carboxylic acids is 1. The van der Waals surface area contributed by atoms with Gasteiger partial charge in [0.15, 0.2) is 0 Å². The second kappa shape index (κ2) is 5.17. The van der Waals surface area contributed by atoms with Crippen molar-refractivity contribution in [3.8, 4) is 11.6 Å². The van der Waals surface area contributed by atoms with Crippen LogP contribution in [0.1, 0.15) is 10.4 Å². The van der Waals surface area contributed by atoms with E-state index < -0.39 is 5.24 Å². The molecule has 0 radical (unpaired) electrons. The molecular formula is C12H7Cl2NO2. The van der Waals surface area contributed by atoms with Gasteiger partial charge >= 0.3 is 0 Å². The van der Waals surface area contributed by atoms with Crippen molar-refractivity contribution in [2.75, 3.05) is 0 Å². The van der Waals surface area contributed by atoms with E-state index in [2.05, 4.69) is 4.98 Å². The minimum Gasteiger partial charge on any atom is -0.438 e. The first kappa shape index (κ1) is 11.9. The van der Waals surface area contributed by atoms with Crippen LogP contribution in [0.3, 0.4) is 0 Å². The number of aromatic nitrogens is 1. The molecule has 0 saturated heterocycles. The highest BCUT2D eigenvalue weighted by atomic mass is 35.5. The van der Waals surface area contributed by atoms with E-state index in [1.165, 1.54) is 6.20 Å². The Balaban J connectivity index is 2.30. The van der Waals surface area contributed by atoms with Crippen LogP contribution >= 0.6 is 23.2 Å². The molecule has 0 bridgehead atoms. The summed E-state index contributed by atoms with van der Waals surface area (Å²) in [6, 6.07) is 9.89. The SMILES string of the molecule is O=C(Cl)c1cccnc1Oc1ccc(Cl)cc1. The lowest BCUT2D eigenvalue weighted by molar-refractivity contribution is 0.107. The van der Waals surface area contributed by atoms with Crippen molar-refractivity contribution < 1.29 is 9.53 Å². The maximum atomic E-state index is 11.1. The fourth-order valence-electron chi connectivity index (χ4n) is 1.24. The molecular weight excluding hydrogens is 261 g/mol. The summed E-state index contributed by atoms with van der Waals surface area (Å²) in [5, 5.41) is -0.00548. The van der Waals surface area contributed by atoms with Crippen LogP contribution in [0.5, 0.6) is 11.6 Å². The van der Waals surface area contributed by atoms with E-state index >= 15 is 0 Å². The summed E-state index contributed by atoms with van der Waals surface area (Å²) >= 11 is 11.2. The van der Waals surface area contributed by atoms with E-state index in [-0.39, 0.29) is 11.4 Å². The lowest BCUT2D eigenvalue weighted by Gasteiger charge is -2.06. The van der Waals surface area contributed by atoms with Gasteiger partial charge in [0.1, 0.15) is 5.75 Å². The molecule has 0 aliphatic heterocycles. The fourth-order valence-corrected chi connectivity index (χ4v) is 1.51. The number of rotatable bonds is 3. The molecule has 0 unspecified atom stereocenters. The first-order valence-electron chi connectivity index (χ1n) is 4.75. The molecule has 3 nitrogen and oxygen atoms in total. The number of hydrogen-bond acceptors (Lipinski definition) is 3. The Morgan fingerprint density at radius 2 is 1.88 bits per heavy atom. The van der Waals surface area contributed by atoms with Gasteiger partial charge in [-0.3, -0.25) is 4.79 Å². The first-order chi connectivity index (χ1) is 8.16.